The van der Waals surface area contributed by atoms with Gasteiger partial charge in [0, 0.05) is 11.1 Å². The van der Waals surface area contributed by atoms with Crippen molar-refractivity contribution in [2.75, 3.05) is 0 Å². The fourth-order valence-electron chi connectivity index (χ4n) is 1.95. The smallest absolute Gasteiger partial charge is 0.355 e. The Labute approximate surface area is 110 Å². The van der Waals surface area contributed by atoms with Gasteiger partial charge < -0.3 is 10.1 Å². The Kier molecular flexibility index (Phi) is 3.21. The number of hydrogen-bond acceptors (Lipinski definition) is 3. The van der Waals surface area contributed by atoms with Crippen LogP contribution in [-0.4, -0.2) is 21.0 Å². The molecule has 0 spiro atoms. The molecule has 0 saturated carbocycles. The summed E-state index contributed by atoms with van der Waals surface area (Å²) in [5, 5.41) is 9.06. The van der Waals surface area contributed by atoms with Crippen LogP contribution in [-0.2, 0) is 0 Å². The van der Waals surface area contributed by atoms with Crippen LogP contribution in [0.3, 0.4) is 0 Å². The van der Waals surface area contributed by atoms with Crippen molar-refractivity contribution < 1.29 is 9.90 Å². The summed E-state index contributed by atoms with van der Waals surface area (Å²) in [6.45, 7) is 5.30. The van der Waals surface area contributed by atoms with Gasteiger partial charge in [-0.2, -0.15) is 0 Å². The lowest BCUT2D eigenvalue weighted by atomic mass is 10.0. The van der Waals surface area contributed by atoms with Crippen LogP contribution < -0.4 is 5.56 Å². The Balaban J connectivity index is 2.70. The zero-order chi connectivity index (χ0) is 14.2. The molecule has 1 aromatic carbocycles. The Hall–Kier alpha value is -2.43. The van der Waals surface area contributed by atoms with E-state index in [1.54, 1.807) is 0 Å². The van der Waals surface area contributed by atoms with Crippen LogP contribution in [0.25, 0.3) is 11.4 Å². The number of hydrogen-bond donors (Lipinski definition) is 2. The maximum Gasteiger partial charge on any atom is 0.355 e. The Morgan fingerprint density at radius 2 is 1.95 bits per heavy atom. The van der Waals surface area contributed by atoms with E-state index >= 15 is 0 Å². The summed E-state index contributed by atoms with van der Waals surface area (Å²) in [5.74, 6) is -0.917. The van der Waals surface area contributed by atoms with Crippen LogP contribution in [0.2, 0.25) is 0 Å². The van der Waals surface area contributed by atoms with Crippen molar-refractivity contribution in [1.82, 2.24) is 9.97 Å². The third kappa shape index (κ3) is 2.40. The molecule has 0 fully saturated rings. The van der Waals surface area contributed by atoms with Crippen LogP contribution in [0.4, 0.5) is 0 Å². The van der Waals surface area contributed by atoms with Crippen molar-refractivity contribution in [2.45, 2.75) is 20.8 Å². The summed E-state index contributed by atoms with van der Waals surface area (Å²) in [6, 6.07) is 5.67. The number of aromatic amines is 1. The van der Waals surface area contributed by atoms with Crippen LogP contribution >= 0.6 is 0 Å². The second kappa shape index (κ2) is 4.68. The number of carbonyl (C=O) groups is 1. The highest BCUT2D eigenvalue weighted by molar-refractivity contribution is 5.87. The molecule has 1 aromatic heterocycles. The fraction of sp³-hybridized carbons (Fsp3) is 0.214. The zero-order valence-electron chi connectivity index (χ0n) is 10.9. The molecule has 19 heavy (non-hydrogen) atoms. The van der Waals surface area contributed by atoms with E-state index in [9.17, 15) is 9.59 Å². The van der Waals surface area contributed by atoms with Gasteiger partial charge in [-0.3, -0.25) is 4.79 Å². The van der Waals surface area contributed by atoms with Crippen molar-refractivity contribution in [3.63, 3.8) is 0 Å². The third-order valence-corrected chi connectivity index (χ3v) is 2.99. The quantitative estimate of drug-likeness (QED) is 0.863. The molecule has 0 atom stereocenters. The fourth-order valence-corrected chi connectivity index (χ4v) is 1.95. The molecule has 5 nitrogen and oxygen atoms in total. The summed E-state index contributed by atoms with van der Waals surface area (Å²) < 4.78 is 0. The maximum absolute atomic E-state index is 11.8. The number of rotatable bonds is 2. The summed E-state index contributed by atoms with van der Waals surface area (Å²) >= 11 is 0. The van der Waals surface area contributed by atoms with E-state index in [0.29, 0.717) is 0 Å². The van der Waals surface area contributed by atoms with Crippen LogP contribution in [0, 0.1) is 20.8 Å². The second-order valence-electron chi connectivity index (χ2n) is 4.51. The van der Waals surface area contributed by atoms with Crippen LogP contribution in [0.5, 0.6) is 0 Å². The SMILES string of the molecule is Cc1ccc(-c2nc(C(=O)O)c(C)c(=O)[nH]2)c(C)c1. The van der Waals surface area contributed by atoms with E-state index in [4.69, 9.17) is 5.11 Å². The van der Waals surface area contributed by atoms with Gasteiger partial charge in [0.05, 0.1) is 0 Å². The molecule has 2 N–H and O–H groups in total. The van der Waals surface area contributed by atoms with E-state index in [0.717, 1.165) is 16.7 Å². The highest BCUT2D eigenvalue weighted by atomic mass is 16.4. The lowest BCUT2D eigenvalue weighted by molar-refractivity contribution is 0.0689. The molecule has 2 rings (SSSR count). The minimum atomic E-state index is -1.20. The average molecular weight is 258 g/mol. The molecule has 0 aliphatic heterocycles. The number of nitrogens with one attached hydrogen (secondary N) is 1. The standard InChI is InChI=1S/C14H14N2O3/c1-7-4-5-10(8(2)6-7)12-15-11(14(18)19)9(3)13(17)16-12/h4-6H,1-3H3,(H,18,19)(H,15,16,17). The summed E-state index contributed by atoms with van der Waals surface area (Å²) in [7, 11) is 0. The highest BCUT2D eigenvalue weighted by Gasteiger charge is 2.15. The van der Waals surface area contributed by atoms with E-state index < -0.39 is 11.5 Å². The Morgan fingerprint density at radius 1 is 1.26 bits per heavy atom. The van der Waals surface area contributed by atoms with Crippen molar-refractivity contribution >= 4 is 5.97 Å². The van der Waals surface area contributed by atoms with Gasteiger partial charge in [0.25, 0.3) is 5.56 Å². The van der Waals surface area contributed by atoms with Crippen molar-refractivity contribution in [3.05, 3.63) is 50.9 Å². The van der Waals surface area contributed by atoms with Gasteiger partial charge in [0.2, 0.25) is 0 Å². The van der Waals surface area contributed by atoms with Gasteiger partial charge >= 0.3 is 5.97 Å². The van der Waals surface area contributed by atoms with Crippen molar-refractivity contribution in [1.29, 1.82) is 0 Å². The number of benzene rings is 1. The van der Waals surface area contributed by atoms with Gasteiger partial charge in [0.15, 0.2) is 5.69 Å². The third-order valence-electron chi connectivity index (χ3n) is 2.99. The average Bonchev–Trinajstić information content (AvgIpc) is 2.32. The molecule has 1 heterocycles. The van der Waals surface area contributed by atoms with Crippen molar-refractivity contribution in [3.8, 4) is 11.4 Å². The minimum Gasteiger partial charge on any atom is -0.476 e. The normalized spacial score (nSPS) is 10.5. The van der Waals surface area contributed by atoms with Crippen LogP contribution in [0.15, 0.2) is 23.0 Å². The highest BCUT2D eigenvalue weighted by Crippen LogP contribution is 2.20. The molecule has 0 unspecified atom stereocenters. The first-order valence-corrected chi connectivity index (χ1v) is 5.82. The molecule has 5 heteroatoms. The second-order valence-corrected chi connectivity index (χ2v) is 4.51. The first kappa shape index (κ1) is 13.0. The van der Waals surface area contributed by atoms with Crippen LogP contribution in [0.1, 0.15) is 27.2 Å². The molecule has 0 bridgehead atoms. The molecule has 0 radical (unpaired) electrons. The summed E-state index contributed by atoms with van der Waals surface area (Å²) in [4.78, 5) is 29.5. The first-order chi connectivity index (χ1) is 8.90. The summed E-state index contributed by atoms with van der Waals surface area (Å²) in [5.41, 5.74) is 2.23. The molecule has 98 valence electrons. The first-order valence-electron chi connectivity index (χ1n) is 5.82. The maximum atomic E-state index is 11.8. The van der Waals surface area contributed by atoms with Crippen molar-refractivity contribution in [2.24, 2.45) is 0 Å². The van der Waals surface area contributed by atoms with E-state index in [1.165, 1.54) is 6.92 Å². The largest absolute Gasteiger partial charge is 0.476 e. The molecule has 0 aliphatic rings. The zero-order valence-corrected chi connectivity index (χ0v) is 10.9. The van der Waals surface area contributed by atoms with Gasteiger partial charge in [0.1, 0.15) is 5.82 Å². The molecular weight excluding hydrogens is 244 g/mol. The monoisotopic (exact) mass is 258 g/mol. The van der Waals surface area contributed by atoms with Gasteiger partial charge in [-0.15, -0.1) is 0 Å². The molecule has 0 amide bonds. The van der Waals surface area contributed by atoms with Gasteiger partial charge in [-0.25, -0.2) is 9.78 Å². The number of H-pyrrole nitrogens is 1. The topological polar surface area (TPSA) is 83.0 Å². The lowest BCUT2D eigenvalue weighted by Gasteiger charge is -2.08. The summed E-state index contributed by atoms with van der Waals surface area (Å²) in [6.07, 6.45) is 0. The van der Waals surface area contributed by atoms with E-state index in [-0.39, 0.29) is 17.1 Å². The predicted molar refractivity (Wildman–Crippen MR) is 71.5 cm³/mol. The Morgan fingerprint density at radius 3 is 2.53 bits per heavy atom. The minimum absolute atomic E-state index is 0.112. The number of aromatic carboxylic acids is 1. The lowest BCUT2D eigenvalue weighted by Crippen LogP contribution is -2.19. The molecule has 0 aliphatic carbocycles. The number of aryl methyl sites for hydroxylation is 2. The molecular formula is C14H14N2O3. The number of carboxylic acid groups (broad SMARTS) is 1. The van der Waals surface area contributed by atoms with Gasteiger partial charge in [-0.1, -0.05) is 23.8 Å². The Bertz CT molecular complexity index is 717. The number of carboxylic acids is 1. The van der Waals surface area contributed by atoms with E-state index in [1.807, 2.05) is 32.0 Å². The number of aromatic nitrogens is 2. The molecule has 2 aromatic rings. The molecule has 0 saturated heterocycles. The van der Waals surface area contributed by atoms with Gasteiger partial charge in [-0.05, 0) is 26.3 Å². The predicted octanol–water partition coefficient (Wildman–Crippen LogP) is 2.06. The van der Waals surface area contributed by atoms with E-state index in [2.05, 4.69) is 9.97 Å². The number of nitrogens with zero attached hydrogens (tertiary/aromatic N) is 1.